The molecule has 3 aromatic carbocycles. The van der Waals surface area contributed by atoms with Gasteiger partial charge in [-0.1, -0.05) is 30.3 Å². The van der Waals surface area contributed by atoms with Crippen LogP contribution in [0, 0.1) is 11.7 Å². The Morgan fingerprint density at radius 3 is 2.74 bits per heavy atom. The number of ether oxygens (including phenoxy) is 1. The number of H-pyrrole nitrogens is 1. The number of carboxylic acid groups (broad SMARTS) is 1. The molecule has 0 amide bonds. The average Bonchev–Trinajstić information content (AvgIpc) is 3.25. The molecule has 154 valence electrons. The summed E-state index contributed by atoms with van der Waals surface area (Å²) in [4.78, 5) is 30.5. The maximum absolute atomic E-state index is 14.7. The van der Waals surface area contributed by atoms with Crippen molar-refractivity contribution in [2.24, 2.45) is 11.0 Å². The zero-order chi connectivity index (χ0) is 21.5. The van der Waals surface area contributed by atoms with Crippen LogP contribution in [0.1, 0.15) is 0 Å². The fraction of sp³-hybridized carbons (Fsp3) is 0.0909. The predicted molar refractivity (Wildman–Crippen MR) is 113 cm³/mol. The molecule has 31 heavy (non-hydrogen) atoms. The maximum Gasteiger partial charge on any atom is 0.313 e. The molecule has 5 rings (SSSR count). The van der Waals surface area contributed by atoms with E-state index in [1.165, 1.54) is 17.3 Å². The van der Waals surface area contributed by atoms with Crippen molar-refractivity contribution >= 4 is 39.8 Å². The second kappa shape index (κ2) is 7.21. The van der Waals surface area contributed by atoms with Gasteiger partial charge in [-0.3, -0.25) is 14.6 Å². The summed E-state index contributed by atoms with van der Waals surface area (Å²) < 4.78 is 20.4. The van der Waals surface area contributed by atoms with E-state index >= 15 is 0 Å². The zero-order valence-electron chi connectivity index (χ0n) is 15.9. The standard InChI is InChI=1S/C22H15FN4O4/c23-17-9-18-16(20(28)26-22(25-18)27-11-14(10-24-27)21(29)30)8-19(17)31-15-6-5-12-3-1-2-4-13(12)7-15/h1-10,14H,11H2,(H,29,30)(H,25,26,28). The van der Waals surface area contributed by atoms with Gasteiger partial charge in [-0.25, -0.2) is 14.4 Å². The Morgan fingerprint density at radius 2 is 1.97 bits per heavy atom. The van der Waals surface area contributed by atoms with E-state index in [1.807, 2.05) is 30.3 Å². The van der Waals surface area contributed by atoms with Crippen molar-refractivity contribution in [3.8, 4) is 11.5 Å². The lowest BCUT2D eigenvalue weighted by Crippen LogP contribution is -2.26. The van der Waals surface area contributed by atoms with Gasteiger partial charge in [0.2, 0.25) is 5.95 Å². The highest BCUT2D eigenvalue weighted by atomic mass is 19.1. The lowest BCUT2D eigenvalue weighted by atomic mass is 10.1. The number of nitrogens with zero attached hydrogens (tertiary/aromatic N) is 3. The minimum atomic E-state index is -1.03. The van der Waals surface area contributed by atoms with Gasteiger partial charge >= 0.3 is 5.97 Å². The molecule has 0 spiro atoms. The minimum Gasteiger partial charge on any atom is -0.481 e. The Kier molecular flexibility index (Phi) is 4.36. The number of anilines is 1. The summed E-state index contributed by atoms with van der Waals surface area (Å²) in [6.07, 6.45) is 1.26. The third-order valence-corrected chi connectivity index (χ3v) is 5.01. The molecular formula is C22H15FN4O4. The van der Waals surface area contributed by atoms with Crippen molar-refractivity contribution < 1.29 is 19.0 Å². The van der Waals surface area contributed by atoms with E-state index in [2.05, 4.69) is 15.1 Å². The fourth-order valence-electron chi connectivity index (χ4n) is 3.41. The first-order valence-electron chi connectivity index (χ1n) is 9.42. The number of carbonyl (C=O) groups is 1. The maximum atomic E-state index is 14.7. The molecule has 1 aliphatic rings. The van der Waals surface area contributed by atoms with Crippen LogP contribution in [0.3, 0.4) is 0 Å². The number of hydrogen-bond acceptors (Lipinski definition) is 6. The first-order valence-corrected chi connectivity index (χ1v) is 9.42. The molecule has 8 nitrogen and oxygen atoms in total. The first kappa shape index (κ1) is 18.7. The van der Waals surface area contributed by atoms with Gasteiger partial charge in [0.05, 0.1) is 17.4 Å². The van der Waals surface area contributed by atoms with Crippen molar-refractivity contribution in [1.29, 1.82) is 0 Å². The van der Waals surface area contributed by atoms with Gasteiger partial charge in [-0.15, -0.1) is 0 Å². The van der Waals surface area contributed by atoms with Crippen LogP contribution in [0.15, 0.2) is 64.5 Å². The lowest BCUT2D eigenvalue weighted by Gasteiger charge is -2.14. The quantitative estimate of drug-likeness (QED) is 0.525. The SMILES string of the molecule is O=C(O)C1C=NN(c2nc3cc(F)c(Oc4ccc5ccccc5c4)cc3c(=O)[nH]2)C1. The number of carboxylic acids is 1. The number of benzene rings is 3. The largest absolute Gasteiger partial charge is 0.481 e. The summed E-state index contributed by atoms with van der Waals surface area (Å²) in [5.41, 5.74) is -0.409. The molecule has 4 aromatic rings. The Morgan fingerprint density at radius 1 is 1.16 bits per heavy atom. The number of hydrazone groups is 1. The monoisotopic (exact) mass is 418 g/mol. The Balaban J connectivity index is 1.49. The summed E-state index contributed by atoms with van der Waals surface area (Å²) >= 11 is 0. The molecule has 2 N–H and O–H groups in total. The van der Waals surface area contributed by atoms with E-state index in [-0.39, 0.29) is 29.1 Å². The number of aliphatic carboxylic acids is 1. The van der Waals surface area contributed by atoms with Gasteiger partial charge in [0.1, 0.15) is 11.7 Å². The number of halogens is 1. The van der Waals surface area contributed by atoms with Crippen LogP contribution in [-0.4, -0.2) is 33.8 Å². The van der Waals surface area contributed by atoms with E-state index in [0.717, 1.165) is 16.8 Å². The molecule has 1 aliphatic heterocycles. The molecule has 1 atom stereocenters. The van der Waals surface area contributed by atoms with E-state index in [9.17, 15) is 14.0 Å². The number of nitrogens with one attached hydrogen (secondary N) is 1. The third-order valence-electron chi connectivity index (χ3n) is 5.01. The van der Waals surface area contributed by atoms with Crippen LogP contribution in [0.2, 0.25) is 0 Å². The number of aromatic nitrogens is 2. The zero-order valence-corrected chi connectivity index (χ0v) is 15.9. The smallest absolute Gasteiger partial charge is 0.313 e. The minimum absolute atomic E-state index is 0.0232. The molecule has 0 radical (unpaired) electrons. The molecule has 0 saturated carbocycles. The molecule has 9 heteroatoms. The van der Waals surface area contributed by atoms with Crippen LogP contribution in [0.25, 0.3) is 21.7 Å². The molecule has 0 saturated heterocycles. The second-order valence-electron chi connectivity index (χ2n) is 7.09. The summed E-state index contributed by atoms with van der Waals surface area (Å²) in [6.45, 7) is 0.0232. The number of rotatable bonds is 4. The molecule has 0 aliphatic carbocycles. The third kappa shape index (κ3) is 3.46. The predicted octanol–water partition coefficient (Wildman–Crippen LogP) is 3.51. The van der Waals surface area contributed by atoms with E-state index in [1.54, 1.807) is 12.1 Å². The van der Waals surface area contributed by atoms with E-state index in [0.29, 0.717) is 5.75 Å². The van der Waals surface area contributed by atoms with Gasteiger partial charge in [0.25, 0.3) is 5.56 Å². The van der Waals surface area contributed by atoms with Crippen molar-refractivity contribution in [3.63, 3.8) is 0 Å². The number of hydrogen-bond donors (Lipinski definition) is 2. The summed E-state index contributed by atoms with van der Waals surface area (Å²) in [7, 11) is 0. The van der Waals surface area contributed by atoms with Crippen LogP contribution in [-0.2, 0) is 4.79 Å². The molecule has 2 heterocycles. The van der Waals surface area contributed by atoms with E-state index < -0.39 is 23.3 Å². The van der Waals surface area contributed by atoms with Crippen LogP contribution in [0.4, 0.5) is 10.3 Å². The Bertz CT molecular complexity index is 1430. The van der Waals surface area contributed by atoms with Crippen molar-refractivity contribution in [3.05, 3.63) is 70.8 Å². The number of fused-ring (bicyclic) bond motifs is 2. The van der Waals surface area contributed by atoms with Gasteiger partial charge in [0.15, 0.2) is 11.6 Å². The molecule has 1 unspecified atom stereocenters. The van der Waals surface area contributed by atoms with Gasteiger partial charge in [0, 0.05) is 12.3 Å². The fourth-order valence-corrected chi connectivity index (χ4v) is 3.41. The number of aromatic amines is 1. The van der Waals surface area contributed by atoms with Gasteiger partial charge in [-0.2, -0.15) is 5.10 Å². The highest BCUT2D eigenvalue weighted by Gasteiger charge is 2.26. The highest BCUT2D eigenvalue weighted by molar-refractivity contribution is 5.91. The van der Waals surface area contributed by atoms with Gasteiger partial charge in [-0.05, 0) is 29.0 Å². The van der Waals surface area contributed by atoms with Crippen LogP contribution >= 0.6 is 0 Å². The summed E-state index contributed by atoms with van der Waals surface area (Å²) in [6, 6.07) is 15.5. The Labute approximate surface area is 174 Å². The molecular weight excluding hydrogens is 403 g/mol. The van der Waals surface area contributed by atoms with Crippen molar-refractivity contribution in [1.82, 2.24) is 9.97 Å². The van der Waals surface area contributed by atoms with E-state index in [4.69, 9.17) is 9.84 Å². The second-order valence-corrected chi connectivity index (χ2v) is 7.09. The summed E-state index contributed by atoms with van der Waals surface area (Å²) in [5.74, 6) is -2.15. The molecule has 0 bridgehead atoms. The van der Waals surface area contributed by atoms with Crippen molar-refractivity contribution in [2.75, 3.05) is 11.6 Å². The van der Waals surface area contributed by atoms with Crippen LogP contribution < -0.4 is 15.3 Å². The Hall–Kier alpha value is -4.27. The van der Waals surface area contributed by atoms with Crippen molar-refractivity contribution in [2.45, 2.75) is 0 Å². The highest BCUT2D eigenvalue weighted by Crippen LogP contribution is 2.30. The summed E-state index contributed by atoms with van der Waals surface area (Å²) in [5, 5.41) is 16.4. The van der Waals surface area contributed by atoms with Gasteiger partial charge < -0.3 is 9.84 Å². The van der Waals surface area contributed by atoms with Crippen LogP contribution in [0.5, 0.6) is 11.5 Å². The lowest BCUT2D eigenvalue weighted by molar-refractivity contribution is -0.138. The normalized spacial score (nSPS) is 15.6. The molecule has 0 fully saturated rings. The molecule has 1 aromatic heterocycles. The topological polar surface area (TPSA) is 108 Å². The average molecular weight is 418 g/mol. The first-order chi connectivity index (χ1) is 15.0.